The van der Waals surface area contributed by atoms with Crippen molar-refractivity contribution in [2.45, 2.75) is 26.6 Å². The molecule has 0 amide bonds. The first-order chi connectivity index (χ1) is 6.53. The van der Waals surface area contributed by atoms with Crippen molar-refractivity contribution in [2.75, 3.05) is 0 Å². The van der Waals surface area contributed by atoms with Crippen molar-refractivity contribution in [2.24, 2.45) is 17.3 Å². The molecule has 1 heterocycles. The second-order valence-corrected chi connectivity index (χ2v) is 4.45. The summed E-state index contributed by atoms with van der Waals surface area (Å²) in [5.41, 5.74) is -0.124. The zero-order valence-electron chi connectivity index (χ0n) is 8.27. The maximum absolute atomic E-state index is 10.9. The van der Waals surface area contributed by atoms with E-state index >= 15 is 0 Å². The van der Waals surface area contributed by atoms with Crippen LogP contribution in [0.2, 0.25) is 0 Å². The van der Waals surface area contributed by atoms with E-state index in [1.165, 1.54) is 12.5 Å². The van der Waals surface area contributed by atoms with Gasteiger partial charge >= 0.3 is 5.97 Å². The molecule has 0 aromatic carbocycles. The minimum Gasteiger partial charge on any atom is -0.481 e. The van der Waals surface area contributed by atoms with Crippen LogP contribution in [0.25, 0.3) is 0 Å². The fraction of sp³-hybridized carbons (Fsp3) is 0.700. The molecular formula is C10H14O4. The third-order valence-electron chi connectivity index (χ3n) is 3.28. The summed E-state index contributed by atoms with van der Waals surface area (Å²) in [6.45, 7) is 3.94. The maximum atomic E-state index is 10.9. The van der Waals surface area contributed by atoms with Crippen LogP contribution in [-0.2, 0) is 14.3 Å². The van der Waals surface area contributed by atoms with Gasteiger partial charge in [0.1, 0.15) is 12.5 Å². The van der Waals surface area contributed by atoms with Crippen LogP contribution in [0.3, 0.4) is 0 Å². The van der Waals surface area contributed by atoms with Gasteiger partial charge < -0.3 is 14.6 Å². The Kier molecular flexibility index (Phi) is 1.94. The Bertz CT molecular complexity index is 274. The van der Waals surface area contributed by atoms with E-state index in [0.29, 0.717) is 6.42 Å². The summed E-state index contributed by atoms with van der Waals surface area (Å²) in [4.78, 5) is 10.9. The molecule has 0 saturated heterocycles. The second kappa shape index (κ2) is 2.90. The quantitative estimate of drug-likeness (QED) is 0.748. The average molecular weight is 198 g/mol. The zero-order valence-corrected chi connectivity index (χ0v) is 8.27. The maximum Gasteiger partial charge on any atom is 0.307 e. The van der Waals surface area contributed by atoms with Gasteiger partial charge in [-0.05, 0) is 11.3 Å². The lowest BCUT2D eigenvalue weighted by Gasteiger charge is -2.10. The zero-order chi connectivity index (χ0) is 10.3. The summed E-state index contributed by atoms with van der Waals surface area (Å²) in [5, 5.41) is 8.94. The summed E-state index contributed by atoms with van der Waals surface area (Å²) in [7, 11) is 0. The number of ether oxygens (including phenoxy) is 2. The van der Waals surface area contributed by atoms with Crippen molar-refractivity contribution in [3.63, 3.8) is 0 Å². The second-order valence-electron chi connectivity index (χ2n) is 4.45. The van der Waals surface area contributed by atoms with Gasteiger partial charge in [-0.15, -0.1) is 0 Å². The van der Waals surface area contributed by atoms with E-state index in [9.17, 15) is 4.79 Å². The molecule has 0 bridgehead atoms. The van der Waals surface area contributed by atoms with Crippen LogP contribution >= 0.6 is 0 Å². The first-order valence-electron chi connectivity index (χ1n) is 4.72. The van der Waals surface area contributed by atoms with Crippen LogP contribution < -0.4 is 0 Å². The highest BCUT2D eigenvalue weighted by molar-refractivity contribution is 5.75. The van der Waals surface area contributed by atoms with Gasteiger partial charge in [0.15, 0.2) is 0 Å². The first-order valence-corrected chi connectivity index (χ1v) is 4.72. The normalized spacial score (nSPS) is 33.6. The number of carboxylic acid groups (broad SMARTS) is 1. The van der Waals surface area contributed by atoms with Crippen molar-refractivity contribution in [3.8, 4) is 0 Å². The molecule has 78 valence electrons. The average Bonchev–Trinajstić information content (AvgIpc) is 2.50. The van der Waals surface area contributed by atoms with Gasteiger partial charge in [-0.1, -0.05) is 13.8 Å². The fourth-order valence-electron chi connectivity index (χ4n) is 2.26. The molecule has 4 heteroatoms. The molecule has 1 aliphatic heterocycles. The highest BCUT2D eigenvalue weighted by atomic mass is 16.7. The largest absolute Gasteiger partial charge is 0.481 e. The lowest BCUT2D eigenvalue weighted by atomic mass is 10.1. The van der Waals surface area contributed by atoms with E-state index in [4.69, 9.17) is 14.6 Å². The van der Waals surface area contributed by atoms with Gasteiger partial charge in [-0.3, -0.25) is 4.79 Å². The minimum atomic E-state index is -0.717. The van der Waals surface area contributed by atoms with Gasteiger partial charge in [0, 0.05) is 6.42 Å². The Labute approximate surface area is 82.5 Å². The number of aliphatic carboxylic acids is 1. The van der Waals surface area contributed by atoms with Gasteiger partial charge in [0.25, 0.3) is 0 Å². The molecule has 0 radical (unpaired) electrons. The summed E-state index contributed by atoms with van der Waals surface area (Å²) in [6, 6.07) is 0. The highest BCUT2D eigenvalue weighted by Crippen LogP contribution is 2.60. The smallest absolute Gasteiger partial charge is 0.307 e. The molecule has 2 aliphatic rings. The van der Waals surface area contributed by atoms with Crippen molar-refractivity contribution in [1.29, 1.82) is 0 Å². The molecular weight excluding hydrogens is 184 g/mol. The van der Waals surface area contributed by atoms with Crippen molar-refractivity contribution in [3.05, 3.63) is 12.5 Å². The summed E-state index contributed by atoms with van der Waals surface area (Å²) in [6.07, 6.45) is 3.35. The van der Waals surface area contributed by atoms with Crippen molar-refractivity contribution in [1.82, 2.24) is 0 Å². The Morgan fingerprint density at radius 1 is 1.43 bits per heavy atom. The topological polar surface area (TPSA) is 55.8 Å². The summed E-state index contributed by atoms with van der Waals surface area (Å²) < 4.78 is 10.3. The molecule has 1 N–H and O–H groups in total. The highest BCUT2D eigenvalue weighted by Gasteiger charge is 2.62. The van der Waals surface area contributed by atoms with Crippen LogP contribution in [0.15, 0.2) is 12.5 Å². The molecule has 1 aliphatic carbocycles. The van der Waals surface area contributed by atoms with Crippen LogP contribution in [0, 0.1) is 17.3 Å². The Morgan fingerprint density at radius 3 is 2.43 bits per heavy atom. The van der Waals surface area contributed by atoms with E-state index < -0.39 is 5.97 Å². The standard InChI is InChI=1S/C10H14O4/c1-10(2)6(8(10)9(11)12)5-7-13-3-4-14-7/h3-4,6-8H,5H2,1-2H3,(H,11,12). The number of hydrogen-bond acceptors (Lipinski definition) is 3. The fourth-order valence-corrected chi connectivity index (χ4v) is 2.26. The van der Waals surface area contributed by atoms with E-state index in [2.05, 4.69) is 0 Å². The molecule has 2 rings (SSSR count). The van der Waals surface area contributed by atoms with Gasteiger partial charge in [0.05, 0.1) is 5.92 Å². The Balaban J connectivity index is 1.91. The summed E-state index contributed by atoms with van der Waals surface area (Å²) in [5.74, 6) is -0.814. The van der Waals surface area contributed by atoms with E-state index in [1.807, 2.05) is 13.8 Å². The predicted octanol–water partition coefficient (Wildman–Crippen LogP) is 1.58. The van der Waals surface area contributed by atoms with Gasteiger partial charge in [-0.2, -0.15) is 0 Å². The first kappa shape index (κ1) is 9.37. The third kappa shape index (κ3) is 1.35. The third-order valence-corrected chi connectivity index (χ3v) is 3.28. The molecule has 0 aromatic rings. The number of carbonyl (C=O) groups is 1. The molecule has 1 saturated carbocycles. The SMILES string of the molecule is CC1(C)C(CC2OC=CO2)C1C(=O)O. The Morgan fingerprint density at radius 2 is 2.00 bits per heavy atom. The Hall–Kier alpha value is -1.19. The molecule has 2 unspecified atom stereocenters. The monoisotopic (exact) mass is 198 g/mol. The number of hydrogen-bond donors (Lipinski definition) is 1. The minimum absolute atomic E-state index is 0.124. The van der Waals surface area contributed by atoms with E-state index in [0.717, 1.165) is 0 Å². The van der Waals surface area contributed by atoms with E-state index in [1.54, 1.807) is 0 Å². The van der Waals surface area contributed by atoms with E-state index in [-0.39, 0.29) is 23.5 Å². The van der Waals surface area contributed by atoms with Crippen molar-refractivity contribution >= 4 is 5.97 Å². The van der Waals surface area contributed by atoms with Crippen LogP contribution in [0.1, 0.15) is 20.3 Å². The predicted molar refractivity (Wildman–Crippen MR) is 48.1 cm³/mol. The van der Waals surface area contributed by atoms with Crippen LogP contribution in [-0.4, -0.2) is 17.4 Å². The van der Waals surface area contributed by atoms with Crippen LogP contribution in [0.5, 0.6) is 0 Å². The molecule has 14 heavy (non-hydrogen) atoms. The molecule has 4 nitrogen and oxygen atoms in total. The number of rotatable bonds is 3. The van der Waals surface area contributed by atoms with Crippen LogP contribution in [0.4, 0.5) is 0 Å². The van der Waals surface area contributed by atoms with Gasteiger partial charge in [-0.25, -0.2) is 0 Å². The molecule has 1 fully saturated rings. The summed E-state index contributed by atoms with van der Waals surface area (Å²) >= 11 is 0. The van der Waals surface area contributed by atoms with Crippen molar-refractivity contribution < 1.29 is 19.4 Å². The number of carboxylic acids is 1. The lowest BCUT2D eigenvalue weighted by molar-refractivity contribution is -0.139. The molecule has 2 atom stereocenters. The molecule has 0 spiro atoms. The lowest BCUT2D eigenvalue weighted by Crippen LogP contribution is -2.10. The molecule has 0 aromatic heterocycles. The van der Waals surface area contributed by atoms with Gasteiger partial charge in [0.2, 0.25) is 6.29 Å².